The van der Waals surface area contributed by atoms with Gasteiger partial charge in [-0.3, -0.25) is 14.9 Å². The lowest BCUT2D eigenvalue weighted by molar-refractivity contribution is -0.141. The van der Waals surface area contributed by atoms with Gasteiger partial charge in [0.2, 0.25) is 5.91 Å². The van der Waals surface area contributed by atoms with Crippen LogP contribution >= 0.6 is 11.3 Å². The summed E-state index contributed by atoms with van der Waals surface area (Å²) in [6, 6.07) is 14.8. The Morgan fingerprint density at radius 2 is 1.97 bits per heavy atom. The van der Waals surface area contributed by atoms with Gasteiger partial charge < -0.3 is 4.90 Å². The molecule has 1 unspecified atom stereocenters. The number of benzene rings is 2. The second-order valence-corrected chi connectivity index (χ2v) is 7.75. The van der Waals surface area contributed by atoms with Crippen LogP contribution in [0.25, 0.3) is 11.3 Å². The van der Waals surface area contributed by atoms with Crippen molar-refractivity contribution < 1.29 is 14.0 Å². The topological polar surface area (TPSA) is 62.3 Å². The van der Waals surface area contributed by atoms with Crippen LogP contribution < -0.4 is 5.32 Å². The second-order valence-electron chi connectivity index (χ2n) is 6.89. The highest BCUT2D eigenvalue weighted by atomic mass is 32.1. The lowest BCUT2D eigenvalue weighted by Crippen LogP contribution is -2.43. The third-order valence-corrected chi connectivity index (χ3v) is 5.65. The van der Waals surface area contributed by atoms with Crippen LogP contribution in [0.15, 0.2) is 60.0 Å². The molecule has 4 rings (SSSR count). The standard InChI is InChI=1S/C22H20FN3O2S/c23-17-10-6-9-16(13-17)18-14-29-22(24-18)25-21(28)20(15-7-2-1-3-8-15)26-12-5-4-11-19(26)27/h1-3,6-10,13-14,20H,4-5,11-12H2,(H,24,25,28). The van der Waals surface area contributed by atoms with Crippen molar-refractivity contribution in [2.24, 2.45) is 0 Å². The van der Waals surface area contributed by atoms with Crippen molar-refractivity contribution in [2.45, 2.75) is 25.3 Å². The zero-order chi connectivity index (χ0) is 20.2. The van der Waals surface area contributed by atoms with Gasteiger partial charge in [0.25, 0.3) is 5.91 Å². The van der Waals surface area contributed by atoms with Crippen LogP contribution in [0, 0.1) is 5.82 Å². The summed E-state index contributed by atoms with van der Waals surface area (Å²) < 4.78 is 13.5. The molecule has 1 fully saturated rings. The number of amides is 2. The summed E-state index contributed by atoms with van der Waals surface area (Å²) in [6.45, 7) is 0.554. The molecule has 1 N–H and O–H groups in total. The summed E-state index contributed by atoms with van der Waals surface area (Å²) in [5.74, 6) is -0.653. The van der Waals surface area contributed by atoms with Crippen LogP contribution in [0.1, 0.15) is 30.9 Å². The number of rotatable bonds is 5. The molecule has 0 aliphatic carbocycles. The van der Waals surface area contributed by atoms with Crippen molar-refractivity contribution >= 4 is 28.3 Å². The SMILES string of the molecule is O=C(Nc1nc(-c2cccc(F)c2)cs1)C(c1ccccc1)N1CCCCC1=O. The summed E-state index contributed by atoms with van der Waals surface area (Å²) >= 11 is 1.27. The molecule has 7 heteroatoms. The Balaban J connectivity index is 1.58. The van der Waals surface area contributed by atoms with Crippen LogP contribution in [0.3, 0.4) is 0 Å². The Bertz CT molecular complexity index is 1020. The molecule has 148 valence electrons. The minimum Gasteiger partial charge on any atom is -0.327 e. The van der Waals surface area contributed by atoms with Crippen LogP contribution in [0.5, 0.6) is 0 Å². The zero-order valence-electron chi connectivity index (χ0n) is 15.7. The number of halogens is 1. The third kappa shape index (κ3) is 4.35. The van der Waals surface area contributed by atoms with Gasteiger partial charge in [0.05, 0.1) is 5.69 Å². The number of piperidine rings is 1. The molecule has 2 aromatic carbocycles. The molecule has 1 saturated heterocycles. The second kappa shape index (κ2) is 8.53. The maximum absolute atomic E-state index is 13.5. The third-order valence-electron chi connectivity index (χ3n) is 4.89. The molecule has 1 aromatic heterocycles. The van der Waals surface area contributed by atoms with Crippen molar-refractivity contribution in [2.75, 3.05) is 11.9 Å². The smallest absolute Gasteiger partial charge is 0.253 e. The average molecular weight is 409 g/mol. The molecule has 0 saturated carbocycles. The van der Waals surface area contributed by atoms with Gasteiger partial charge in [0.1, 0.15) is 11.9 Å². The number of nitrogens with zero attached hydrogens (tertiary/aromatic N) is 2. The Kier molecular flexibility index (Phi) is 5.67. The molecule has 3 aromatic rings. The minimum absolute atomic E-state index is 0.0140. The molecular weight excluding hydrogens is 389 g/mol. The van der Waals surface area contributed by atoms with E-state index in [1.54, 1.807) is 22.4 Å². The molecule has 1 atom stereocenters. The van der Waals surface area contributed by atoms with Crippen LogP contribution in [0.2, 0.25) is 0 Å². The van der Waals surface area contributed by atoms with Gasteiger partial charge in [-0.25, -0.2) is 9.37 Å². The summed E-state index contributed by atoms with van der Waals surface area (Å²) in [6.07, 6.45) is 2.18. The van der Waals surface area contributed by atoms with Crippen LogP contribution in [-0.2, 0) is 9.59 Å². The maximum Gasteiger partial charge on any atom is 0.253 e. The molecule has 1 aliphatic heterocycles. The van der Waals surface area contributed by atoms with Gasteiger partial charge in [0.15, 0.2) is 5.13 Å². The highest BCUT2D eigenvalue weighted by Gasteiger charge is 2.33. The summed E-state index contributed by atoms with van der Waals surface area (Å²) in [5.41, 5.74) is 2.00. The molecule has 0 radical (unpaired) electrons. The van der Waals surface area contributed by atoms with Gasteiger partial charge in [0, 0.05) is 23.9 Å². The molecule has 2 amide bonds. The lowest BCUT2D eigenvalue weighted by Gasteiger charge is -2.33. The first-order valence-corrected chi connectivity index (χ1v) is 10.4. The molecule has 0 spiro atoms. The van der Waals surface area contributed by atoms with E-state index in [-0.39, 0.29) is 17.6 Å². The number of hydrogen-bond donors (Lipinski definition) is 1. The van der Waals surface area contributed by atoms with Crippen molar-refractivity contribution in [1.82, 2.24) is 9.88 Å². The summed E-state index contributed by atoms with van der Waals surface area (Å²) in [5, 5.41) is 5.03. The Morgan fingerprint density at radius 1 is 1.14 bits per heavy atom. The van der Waals surface area contributed by atoms with E-state index < -0.39 is 6.04 Å². The molecule has 5 nitrogen and oxygen atoms in total. The fourth-order valence-corrected chi connectivity index (χ4v) is 4.22. The number of nitrogens with one attached hydrogen (secondary N) is 1. The van der Waals surface area contributed by atoms with Crippen molar-refractivity contribution in [3.05, 3.63) is 71.4 Å². The lowest BCUT2D eigenvalue weighted by atomic mass is 10.0. The van der Waals surface area contributed by atoms with Gasteiger partial charge in [-0.15, -0.1) is 11.3 Å². The first-order valence-electron chi connectivity index (χ1n) is 9.48. The highest BCUT2D eigenvalue weighted by Crippen LogP contribution is 2.29. The molecule has 0 bridgehead atoms. The molecule has 29 heavy (non-hydrogen) atoms. The van der Waals surface area contributed by atoms with Gasteiger partial charge >= 0.3 is 0 Å². The largest absolute Gasteiger partial charge is 0.327 e. The Morgan fingerprint density at radius 3 is 2.72 bits per heavy atom. The number of thiazole rings is 1. The minimum atomic E-state index is -0.703. The van der Waals surface area contributed by atoms with E-state index in [4.69, 9.17) is 0 Å². The van der Waals surface area contributed by atoms with Crippen LogP contribution in [0.4, 0.5) is 9.52 Å². The van der Waals surface area contributed by atoms with E-state index in [9.17, 15) is 14.0 Å². The predicted octanol–water partition coefficient (Wildman–Crippen LogP) is 4.64. The monoisotopic (exact) mass is 409 g/mol. The fourth-order valence-electron chi connectivity index (χ4n) is 3.49. The zero-order valence-corrected chi connectivity index (χ0v) is 16.5. The van der Waals surface area contributed by atoms with E-state index in [0.29, 0.717) is 29.4 Å². The predicted molar refractivity (Wildman–Crippen MR) is 111 cm³/mol. The number of carbonyl (C=O) groups is 2. The number of likely N-dealkylation sites (tertiary alicyclic amines) is 1. The Hall–Kier alpha value is -3.06. The molecular formula is C22H20FN3O2S. The van der Waals surface area contributed by atoms with Gasteiger partial charge in [-0.05, 0) is 30.5 Å². The summed E-state index contributed by atoms with van der Waals surface area (Å²) in [4.78, 5) is 31.7. The number of hydrogen-bond acceptors (Lipinski definition) is 4. The van der Waals surface area contributed by atoms with Crippen molar-refractivity contribution in [3.8, 4) is 11.3 Å². The maximum atomic E-state index is 13.5. The average Bonchev–Trinajstić information content (AvgIpc) is 3.19. The number of anilines is 1. The van der Waals surface area contributed by atoms with Crippen LogP contribution in [-0.4, -0.2) is 28.2 Å². The molecule has 1 aliphatic rings. The van der Waals surface area contributed by atoms with E-state index in [1.165, 1.54) is 23.5 Å². The van der Waals surface area contributed by atoms with E-state index in [2.05, 4.69) is 10.3 Å². The van der Waals surface area contributed by atoms with Gasteiger partial charge in [-0.1, -0.05) is 42.5 Å². The van der Waals surface area contributed by atoms with Crippen molar-refractivity contribution in [1.29, 1.82) is 0 Å². The van der Waals surface area contributed by atoms with Crippen molar-refractivity contribution in [3.63, 3.8) is 0 Å². The molecule has 2 heterocycles. The summed E-state index contributed by atoms with van der Waals surface area (Å²) in [7, 11) is 0. The quantitative estimate of drug-likeness (QED) is 0.668. The number of aromatic nitrogens is 1. The van der Waals surface area contributed by atoms with Gasteiger partial charge in [-0.2, -0.15) is 0 Å². The number of carbonyl (C=O) groups excluding carboxylic acids is 2. The normalized spacial score (nSPS) is 15.2. The first-order chi connectivity index (χ1) is 14.1. The highest BCUT2D eigenvalue weighted by molar-refractivity contribution is 7.14. The van der Waals surface area contributed by atoms with E-state index in [0.717, 1.165) is 18.4 Å². The Labute approximate surface area is 172 Å². The van der Waals surface area contributed by atoms with E-state index >= 15 is 0 Å². The fraction of sp³-hybridized carbons (Fsp3) is 0.227. The first kappa shape index (κ1) is 19.3. The van der Waals surface area contributed by atoms with E-state index in [1.807, 2.05) is 30.3 Å².